The molecule has 3 N–H and O–H groups in total. The van der Waals surface area contributed by atoms with Gasteiger partial charge in [0.15, 0.2) is 5.82 Å². The van der Waals surface area contributed by atoms with Gasteiger partial charge in [-0.05, 0) is 48.9 Å². The molecule has 0 bridgehead atoms. The maximum Gasteiger partial charge on any atom is 0.229 e. The number of ether oxygens (including phenoxy) is 1. The minimum absolute atomic E-state index is 0.0127. The molecule has 1 amide bonds. The lowest BCUT2D eigenvalue weighted by Gasteiger charge is -2.21. The Kier molecular flexibility index (Phi) is 8.01. The molecular formula is C24H33ClN6O2. The minimum Gasteiger partial charge on any atom is -0.383 e. The number of methoxy groups -OCH3 is 1. The second kappa shape index (κ2) is 11.1. The topological polar surface area (TPSA) is 91.4 Å². The van der Waals surface area contributed by atoms with Gasteiger partial charge in [-0.1, -0.05) is 24.1 Å². The largest absolute Gasteiger partial charge is 0.383 e. The lowest BCUT2D eigenvalue weighted by molar-refractivity contribution is -0.124. The molecule has 0 radical (unpaired) electrons. The Balaban J connectivity index is 1.44. The van der Waals surface area contributed by atoms with E-state index in [1.807, 2.05) is 0 Å². The van der Waals surface area contributed by atoms with Crippen molar-refractivity contribution in [2.75, 3.05) is 51.0 Å². The molecule has 9 heteroatoms. The van der Waals surface area contributed by atoms with Crippen LogP contribution in [0.2, 0.25) is 5.02 Å². The van der Waals surface area contributed by atoms with Crippen LogP contribution in [-0.2, 0) is 22.4 Å². The standard InChI is InChI=1S/C24H33ClN6O2/c1-26-23(32)19-4-3-5-21(19)29-22-20(25)15-27-24(30-22)28-18-7-6-16-8-10-31(12-13-33-2)11-9-17(16)14-18/h6-7,14-15,19,21H,3-5,8-13H2,1-2H3,(H,26,32)(H2,27,28,29,30)/t19-,21+/m0/s1. The van der Waals surface area contributed by atoms with Crippen molar-refractivity contribution >= 4 is 35.0 Å². The number of hydrogen-bond acceptors (Lipinski definition) is 7. The summed E-state index contributed by atoms with van der Waals surface area (Å²) in [6.45, 7) is 3.81. The van der Waals surface area contributed by atoms with E-state index in [9.17, 15) is 4.79 Å². The van der Waals surface area contributed by atoms with Crippen LogP contribution in [0.25, 0.3) is 0 Å². The number of anilines is 3. The molecule has 4 rings (SSSR count). The number of nitrogens with zero attached hydrogens (tertiary/aromatic N) is 3. The number of rotatable bonds is 8. The van der Waals surface area contributed by atoms with Gasteiger partial charge in [0.05, 0.1) is 18.7 Å². The van der Waals surface area contributed by atoms with E-state index in [-0.39, 0.29) is 17.9 Å². The first-order valence-electron chi connectivity index (χ1n) is 11.7. The van der Waals surface area contributed by atoms with Crippen molar-refractivity contribution in [3.8, 4) is 0 Å². The lowest BCUT2D eigenvalue weighted by atomic mass is 10.0. The average molecular weight is 473 g/mol. The summed E-state index contributed by atoms with van der Waals surface area (Å²) >= 11 is 6.37. The van der Waals surface area contributed by atoms with Crippen LogP contribution < -0.4 is 16.0 Å². The minimum atomic E-state index is -0.0783. The second-order valence-corrected chi connectivity index (χ2v) is 9.14. The number of fused-ring (bicyclic) bond motifs is 1. The first kappa shape index (κ1) is 23.7. The molecule has 2 aromatic rings. The van der Waals surface area contributed by atoms with Gasteiger partial charge in [0.2, 0.25) is 11.9 Å². The van der Waals surface area contributed by atoms with Crippen LogP contribution in [0.1, 0.15) is 30.4 Å². The molecule has 2 heterocycles. The molecule has 0 saturated heterocycles. The molecule has 33 heavy (non-hydrogen) atoms. The van der Waals surface area contributed by atoms with Gasteiger partial charge in [-0.2, -0.15) is 4.98 Å². The summed E-state index contributed by atoms with van der Waals surface area (Å²) in [7, 11) is 3.42. The number of hydrogen-bond donors (Lipinski definition) is 3. The zero-order valence-corrected chi connectivity index (χ0v) is 20.1. The van der Waals surface area contributed by atoms with Gasteiger partial charge in [-0.3, -0.25) is 4.79 Å². The normalized spacial score (nSPS) is 20.7. The van der Waals surface area contributed by atoms with Gasteiger partial charge in [-0.15, -0.1) is 0 Å². The molecule has 1 fully saturated rings. The van der Waals surface area contributed by atoms with E-state index in [1.54, 1.807) is 20.4 Å². The highest BCUT2D eigenvalue weighted by Gasteiger charge is 2.33. The second-order valence-electron chi connectivity index (χ2n) is 8.74. The zero-order chi connectivity index (χ0) is 23.2. The maximum atomic E-state index is 12.2. The first-order chi connectivity index (χ1) is 16.1. The molecule has 1 saturated carbocycles. The highest BCUT2D eigenvalue weighted by Crippen LogP contribution is 2.31. The number of amides is 1. The van der Waals surface area contributed by atoms with Gasteiger partial charge in [0, 0.05) is 45.5 Å². The molecule has 1 aliphatic heterocycles. The molecule has 0 unspecified atom stereocenters. The molecule has 0 spiro atoms. The van der Waals surface area contributed by atoms with E-state index < -0.39 is 0 Å². The van der Waals surface area contributed by atoms with Crippen LogP contribution in [0.3, 0.4) is 0 Å². The Morgan fingerprint density at radius 1 is 1.24 bits per heavy atom. The Morgan fingerprint density at radius 3 is 2.85 bits per heavy atom. The summed E-state index contributed by atoms with van der Waals surface area (Å²) in [6, 6.07) is 6.48. The molecular weight excluding hydrogens is 440 g/mol. The summed E-state index contributed by atoms with van der Waals surface area (Å²) < 4.78 is 5.23. The van der Waals surface area contributed by atoms with Crippen molar-refractivity contribution in [3.05, 3.63) is 40.5 Å². The maximum absolute atomic E-state index is 12.2. The number of carbonyl (C=O) groups is 1. The van der Waals surface area contributed by atoms with Crippen molar-refractivity contribution in [2.24, 2.45) is 5.92 Å². The molecule has 2 aliphatic rings. The van der Waals surface area contributed by atoms with Crippen LogP contribution in [0.5, 0.6) is 0 Å². The van der Waals surface area contributed by atoms with Gasteiger partial charge in [0.25, 0.3) is 0 Å². The summed E-state index contributed by atoms with van der Waals surface area (Å²) in [4.78, 5) is 23.6. The van der Waals surface area contributed by atoms with Crippen molar-refractivity contribution in [3.63, 3.8) is 0 Å². The van der Waals surface area contributed by atoms with Gasteiger partial charge in [-0.25, -0.2) is 4.98 Å². The van der Waals surface area contributed by atoms with Gasteiger partial charge >= 0.3 is 0 Å². The van der Waals surface area contributed by atoms with E-state index in [2.05, 4.69) is 49.0 Å². The van der Waals surface area contributed by atoms with E-state index in [1.165, 1.54) is 11.1 Å². The molecule has 2 atom stereocenters. The van der Waals surface area contributed by atoms with E-state index in [4.69, 9.17) is 16.3 Å². The van der Waals surface area contributed by atoms with Crippen molar-refractivity contribution in [1.29, 1.82) is 0 Å². The third kappa shape index (κ3) is 5.93. The smallest absolute Gasteiger partial charge is 0.229 e. The fraction of sp³-hybridized carbons (Fsp3) is 0.542. The van der Waals surface area contributed by atoms with Crippen LogP contribution in [0, 0.1) is 5.92 Å². The van der Waals surface area contributed by atoms with Crippen molar-refractivity contribution < 1.29 is 9.53 Å². The third-order valence-corrected chi connectivity index (χ3v) is 6.91. The van der Waals surface area contributed by atoms with Gasteiger partial charge < -0.3 is 25.6 Å². The highest BCUT2D eigenvalue weighted by atomic mass is 35.5. The van der Waals surface area contributed by atoms with Crippen LogP contribution in [-0.4, -0.2) is 67.2 Å². The number of nitrogens with one attached hydrogen (secondary N) is 3. The summed E-state index contributed by atoms with van der Waals surface area (Å²) in [5, 5.41) is 9.91. The lowest BCUT2D eigenvalue weighted by Crippen LogP contribution is -2.36. The number of benzene rings is 1. The first-order valence-corrected chi connectivity index (χ1v) is 12.1. The van der Waals surface area contributed by atoms with Crippen LogP contribution >= 0.6 is 11.6 Å². The van der Waals surface area contributed by atoms with E-state index in [0.29, 0.717) is 16.8 Å². The molecule has 1 aliphatic carbocycles. The average Bonchev–Trinajstić information content (AvgIpc) is 3.19. The third-order valence-electron chi connectivity index (χ3n) is 6.63. The number of aromatic nitrogens is 2. The SMILES string of the molecule is CNC(=O)[C@H]1CCC[C@H]1Nc1nc(Nc2ccc3c(c2)CCN(CCOC)CC3)ncc1Cl. The Labute approximate surface area is 200 Å². The van der Waals surface area contributed by atoms with E-state index >= 15 is 0 Å². The molecule has 1 aromatic heterocycles. The highest BCUT2D eigenvalue weighted by molar-refractivity contribution is 6.32. The van der Waals surface area contributed by atoms with Crippen LogP contribution in [0.4, 0.5) is 17.5 Å². The van der Waals surface area contributed by atoms with Gasteiger partial charge in [0.1, 0.15) is 5.02 Å². The molecule has 1 aromatic carbocycles. The Hall–Kier alpha value is -2.42. The predicted octanol–water partition coefficient (Wildman–Crippen LogP) is 3.25. The number of halogens is 1. The quantitative estimate of drug-likeness (QED) is 0.543. The predicted molar refractivity (Wildman–Crippen MR) is 131 cm³/mol. The molecule has 8 nitrogen and oxygen atoms in total. The van der Waals surface area contributed by atoms with E-state index in [0.717, 1.165) is 64.0 Å². The Bertz CT molecular complexity index is 972. The van der Waals surface area contributed by atoms with Crippen LogP contribution in [0.15, 0.2) is 24.4 Å². The fourth-order valence-electron chi connectivity index (χ4n) is 4.76. The monoisotopic (exact) mass is 472 g/mol. The number of carbonyl (C=O) groups excluding carboxylic acids is 1. The summed E-state index contributed by atoms with van der Waals surface area (Å²) in [6.07, 6.45) is 6.42. The fourth-order valence-corrected chi connectivity index (χ4v) is 4.90. The summed E-state index contributed by atoms with van der Waals surface area (Å²) in [5.74, 6) is 1.01. The summed E-state index contributed by atoms with van der Waals surface area (Å²) in [5.41, 5.74) is 3.70. The van der Waals surface area contributed by atoms with Crippen molar-refractivity contribution in [2.45, 2.75) is 38.1 Å². The Morgan fingerprint density at radius 2 is 2.06 bits per heavy atom. The molecule has 178 valence electrons. The van der Waals surface area contributed by atoms with Crippen molar-refractivity contribution in [1.82, 2.24) is 20.2 Å². The zero-order valence-electron chi connectivity index (χ0n) is 19.4.